The van der Waals surface area contributed by atoms with Crippen molar-refractivity contribution in [2.75, 3.05) is 7.05 Å². The topological polar surface area (TPSA) is 33.2 Å². The van der Waals surface area contributed by atoms with Crippen molar-refractivity contribution in [1.29, 1.82) is 0 Å². The molecule has 0 unspecified atom stereocenters. The van der Waals surface area contributed by atoms with Crippen molar-refractivity contribution < 1.29 is 4.79 Å². The van der Waals surface area contributed by atoms with E-state index in [9.17, 15) is 4.79 Å². The first-order chi connectivity index (χ1) is 8.99. The average molecular weight is 301 g/mol. The summed E-state index contributed by atoms with van der Waals surface area (Å²) in [4.78, 5) is 18.1. The number of amides is 1. The molecule has 0 saturated heterocycles. The summed E-state index contributed by atoms with van der Waals surface area (Å²) in [6, 6.07) is 1.90. The standard InChI is InChI=1S/C14H18Cl2N2O/c1-9-3-5-11(6-4-9)18(2)14(19)10-7-12(15)13(16)17-8-10/h7-9,11H,3-6H2,1-2H3. The number of aromatic nitrogens is 1. The highest BCUT2D eigenvalue weighted by Gasteiger charge is 2.25. The van der Waals surface area contributed by atoms with Gasteiger partial charge in [-0.1, -0.05) is 30.1 Å². The maximum atomic E-state index is 12.4. The molecule has 1 amide bonds. The lowest BCUT2D eigenvalue weighted by atomic mass is 9.86. The minimum Gasteiger partial charge on any atom is -0.339 e. The Hall–Kier alpha value is -0.800. The second-order valence-electron chi connectivity index (χ2n) is 5.33. The zero-order valence-corrected chi connectivity index (χ0v) is 12.7. The second kappa shape index (κ2) is 6.10. The Labute approximate surface area is 123 Å². The van der Waals surface area contributed by atoms with Gasteiger partial charge in [-0.25, -0.2) is 4.98 Å². The van der Waals surface area contributed by atoms with Gasteiger partial charge >= 0.3 is 0 Å². The Morgan fingerprint density at radius 3 is 2.53 bits per heavy atom. The maximum absolute atomic E-state index is 12.4. The molecular weight excluding hydrogens is 283 g/mol. The lowest BCUT2D eigenvalue weighted by Crippen LogP contribution is -2.39. The van der Waals surface area contributed by atoms with Gasteiger partial charge in [0.15, 0.2) is 0 Å². The molecule has 0 aromatic carbocycles. The van der Waals surface area contributed by atoms with Crippen molar-refractivity contribution in [3.63, 3.8) is 0 Å². The second-order valence-corrected chi connectivity index (χ2v) is 6.09. The van der Waals surface area contributed by atoms with Crippen molar-refractivity contribution >= 4 is 29.1 Å². The summed E-state index contributed by atoms with van der Waals surface area (Å²) in [5.74, 6) is 0.733. The van der Waals surface area contributed by atoms with E-state index in [0.717, 1.165) is 18.8 Å². The Bertz CT molecular complexity index is 471. The number of halogens is 2. The van der Waals surface area contributed by atoms with Gasteiger partial charge in [-0.05, 0) is 37.7 Å². The van der Waals surface area contributed by atoms with Gasteiger partial charge in [0.05, 0.1) is 10.6 Å². The van der Waals surface area contributed by atoms with Crippen LogP contribution in [-0.2, 0) is 0 Å². The lowest BCUT2D eigenvalue weighted by molar-refractivity contribution is 0.0679. The summed E-state index contributed by atoms with van der Waals surface area (Å²) in [6.45, 7) is 2.26. The molecule has 1 aromatic rings. The monoisotopic (exact) mass is 300 g/mol. The van der Waals surface area contributed by atoms with Crippen LogP contribution in [0.1, 0.15) is 43.0 Å². The average Bonchev–Trinajstić information content (AvgIpc) is 2.41. The van der Waals surface area contributed by atoms with Gasteiger partial charge in [0, 0.05) is 19.3 Å². The number of nitrogens with zero attached hydrogens (tertiary/aromatic N) is 2. The van der Waals surface area contributed by atoms with Crippen LogP contribution in [0, 0.1) is 5.92 Å². The maximum Gasteiger partial charge on any atom is 0.255 e. The number of hydrogen-bond donors (Lipinski definition) is 0. The van der Waals surface area contributed by atoms with Gasteiger partial charge in [-0.3, -0.25) is 4.79 Å². The number of rotatable bonds is 2. The largest absolute Gasteiger partial charge is 0.339 e. The zero-order chi connectivity index (χ0) is 14.0. The molecule has 1 aromatic heterocycles. The van der Waals surface area contributed by atoms with Crippen molar-refractivity contribution in [1.82, 2.24) is 9.88 Å². The molecule has 1 saturated carbocycles. The summed E-state index contributed by atoms with van der Waals surface area (Å²) in [7, 11) is 1.85. The zero-order valence-electron chi connectivity index (χ0n) is 11.2. The summed E-state index contributed by atoms with van der Waals surface area (Å²) in [5.41, 5.74) is 0.496. The van der Waals surface area contributed by atoms with E-state index >= 15 is 0 Å². The molecule has 1 fully saturated rings. The Morgan fingerprint density at radius 2 is 1.95 bits per heavy atom. The molecule has 1 heterocycles. The van der Waals surface area contributed by atoms with E-state index in [0.29, 0.717) is 16.6 Å². The third-order valence-corrected chi connectivity index (χ3v) is 4.58. The first-order valence-corrected chi connectivity index (χ1v) is 7.33. The number of hydrogen-bond acceptors (Lipinski definition) is 2. The molecule has 0 radical (unpaired) electrons. The minimum atomic E-state index is -0.0365. The van der Waals surface area contributed by atoms with Crippen LogP contribution in [-0.4, -0.2) is 28.9 Å². The molecule has 1 aliphatic carbocycles. The van der Waals surface area contributed by atoms with E-state index in [4.69, 9.17) is 23.2 Å². The van der Waals surface area contributed by atoms with E-state index in [1.807, 2.05) is 11.9 Å². The Kier molecular flexibility index (Phi) is 4.69. The summed E-state index contributed by atoms with van der Waals surface area (Å²) < 4.78 is 0. The predicted molar refractivity (Wildman–Crippen MR) is 77.8 cm³/mol. The quantitative estimate of drug-likeness (QED) is 0.772. The van der Waals surface area contributed by atoms with E-state index in [1.165, 1.54) is 19.0 Å². The van der Waals surface area contributed by atoms with Crippen LogP contribution in [0.15, 0.2) is 12.3 Å². The molecule has 104 valence electrons. The van der Waals surface area contributed by atoms with Crippen LogP contribution in [0.3, 0.4) is 0 Å². The molecule has 19 heavy (non-hydrogen) atoms. The van der Waals surface area contributed by atoms with Crippen LogP contribution in [0.2, 0.25) is 10.2 Å². The molecule has 0 spiro atoms. The van der Waals surface area contributed by atoms with Gasteiger partial charge in [0.2, 0.25) is 0 Å². The van der Waals surface area contributed by atoms with Crippen LogP contribution in [0.25, 0.3) is 0 Å². The number of carbonyl (C=O) groups excluding carboxylic acids is 1. The predicted octanol–water partition coefficient (Wildman–Crippen LogP) is 4.04. The molecule has 5 heteroatoms. The highest BCUT2D eigenvalue weighted by molar-refractivity contribution is 6.41. The molecule has 2 rings (SSSR count). The van der Waals surface area contributed by atoms with Gasteiger partial charge in [0.25, 0.3) is 5.91 Å². The lowest BCUT2D eigenvalue weighted by Gasteiger charge is -2.33. The van der Waals surface area contributed by atoms with Gasteiger partial charge in [0.1, 0.15) is 5.15 Å². The van der Waals surface area contributed by atoms with Crippen LogP contribution < -0.4 is 0 Å². The van der Waals surface area contributed by atoms with Gasteiger partial charge in [-0.2, -0.15) is 0 Å². The normalized spacial score (nSPS) is 23.2. The first-order valence-electron chi connectivity index (χ1n) is 6.57. The third-order valence-electron chi connectivity index (χ3n) is 3.90. The SMILES string of the molecule is CC1CCC(N(C)C(=O)c2cnc(Cl)c(Cl)c2)CC1. The smallest absolute Gasteiger partial charge is 0.255 e. The fraction of sp³-hybridized carbons (Fsp3) is 0.571. The van der Waals surface area contributed by atoms with Crippen LogP contribution in [0.4, 0.5) is 0 Å². The van der Waals surface area contributed by atoms with E-state index in [1.54, 1.807) is 6.07 Å². The third kappa shape index (κ3) is 3.40. The van der Waals surface area contributed by atoms with Gasteiger partial charge < -0.3 is 4.90 Å². The summed E-state index contributed by atoms with van der Waals surface area (Å²) in [5, 5.41) is 0.547. The van der Waals surface area contributed by atoms with Crippen molar-refractivity contribution in [2.45, 2.75) is 38.6 Å². The fourth-order valence-electron chi connectivity index (χ4n) is 2.54. The van der Waals surface area contributed by atoms with Crippen molar-refractivity contribution in [3.05, 3.63) is 28.0 Å². The number of pyridine rings is 1. The number of carbonyl (C=O) groups is 1. The van der Waals surface area contributed by atoms with Crippen molar-refractivity contribution in [2.24, 2.45) is 5.92 Å². The molecule has 1 aliphatic rings. The fourth-order valence-corrected chi connectivity index (χ4v) is 2.81. The summed E-state index contributed by atoms with van der Waals surface area (Å²) in [6.07, 6.45) is 5.98. The highest BCUT2D eigenvalue weighted by Crippen LogP contribution is 2.28. The summed E-state index contributed by atoms with van der Waals surface area (Å²) >= 11 is 11.7. The van der Waals surface area contributed by atoms with Gasteiger partial charge in [-0.15, -0.1) is 0 Å². The molecule has 0 atom stereocenters. The highest BCUT2D eigenvalue weighted by atomic mass is 35.5. The Morgan fingerprint density at radius 1 is 1.32 bits per heavy atom. The molecule has 0 aliphatic heterocycles. The first kappa shape index (κ1) is 14.6. The van der Waals surface area contributed by atoms with Crippen molar-refractivity contribution in [3.8, 4) is 0 Å². The van der Waals surface area contributed by atoms with E-state index in [2.05, 4.69) is 11.9 Å². The molecule has 0 bridgehead atoms. The minimum absolute atomic E-state index is 0.0365. The van der Waals surface area contributed by atoms with E-state index in [-0.39, 0.29) is 11.1 Å². The van der Waals surface area contributed by atoms with Crippen LogP contribution in [0.5, 0.6) is 0 Å². The molecule has 0 N–H and O–H groups in total. The van der Waals surface area contributed by atoms with E-state index < -0.39 is 0 Å². The molecule has 3 nitrogen and oxygen atoms in total. The Balaban J connectivity index is 2.08. The molecular formula is C14H18Cl2N2O. The van der Waals surface area contributed by atoms with Crippen LogP contribution >= 0.6 is 23.2 Å².